The van der Waals surface area contributed by atoms with Crippen molar-refractivity contribution in [2.24, 2.45) is 0 Å². The third-order valence-corrected chi connectivity index (χ3v) is 8.26. The lowest BCUT2D eigenvalue weighted by molar-refractivity contribution is -0.136. The van der Waals surface area contributed by atoms with Crippen molar-refractivity contribution in [3.63, 3.8) is 0 Å². The number of rotatable bonds is 6. The molecule has 1 aromatic carbocycles. The van der Waals surface area contributed by atoms with E-state index in [4.69, 9.17) is 9.53 Å². The minimum Gasteiger partial charge on any atom is -0.543 e. The molecule has 0 aliphatic carbocycles. The number of Topliss-reactive ketones (excluding diaryl/α,β-unsaturated/α-hetero) is 1. The highest BCUT2D eigenvalue weighted by molar-refractivity contribution is 6.74. The first-order valence-corrected chi connectivity index (χ1v) is 9.98. The largest absolute Gasteiger partial charge is 0.543 e. The number of carboxylic acids is 1. The van der Waals surface area contributed by atoms with Crippen LogP contribution in [-0.4, -0.2) is 25.2 Å². The monoisotopic (exact) mass is 308 g/mol. The maximum atomic E-state index is 12.0. The van der Waals surface area contributed by atoms with Crippen molar-refractivity contribution in [2.45, 2.75) is 51.7 Å². The lowest BCUT2D eigenvalue weighted by Gasteiger charge is -2.36. The van der Waals surface area contributed by atoms with E-state index in [0.29, 0.717) is 11.3 Å². The minimum absolute atomic E-state index is 0.0128. The molecular weight excluding hydrogens is 284 g/mol. The van der Waals surface area contributed by atoms with E-state index in [0.717, 1.165) is 0 Å². The molecule has 0 radical (unpaired) electrons. The van der Waals surface area contributed by atoms with Gasteiger partial charge in [-0.25, -0.2) is 0 Å². The quantitative estimate of drug-likeness (QED) is 0.634. The van der Waals surface area contributed by atoms with Gasteiger partial charge in [-0.2, -0.15) is 0 Å². The van der Waals surface area contributed by atoms with Crippen LogP contribution < -0.4 is 4.43 Å². The summed E-state index contributed by atoms with van der Waals surface area (Å²) in [4.78, 5) is 22.5. The normalized spacial score (nSPS) is 12.0. The predicted molar refractivity (Wildman–Crippen MR) is 85.5 cm³/mol. The zero-order chi connectivity index (χ0) is 16.3. The molecule has 0 amide bonds. The molecule has 1 rings (SSSR count). The van der Waals surface area contributed by atoms with E-state index in [1.165, 1.54) is 0 Å². The first kappa shape index (κ1) is 17.4. The third-order valence-electron chi connectivity index (χ3n) is 3.90. The fourth-order valence-electron chi connectivity index (χ4n) is 1.55. The molecule has 0 aliphatic rings. The summed E-state index contributed by atoms with van der Waals surface area (Å²) in [5.41, 5.74) is 0.507. The zero-order valence-corrected chi connectivity index (χ0v) is 14.4. The van der Waals surface area contributed by atoms with Crippen LogP contribution in [0, 0.1) is 0 Å². The number of hydrogen-bond donors (Lipinski definition) is 1. The number of hydrogen-bond acceptors (Lipinski definition) is 3. The Bertz CT molecular complexity index is 529. The molecular formula is C16H24O4Si. The molecule has 5 heteroatoms. The van der Waals surface area contributed by atoms with E-state index < -0.39 is 14.3 Å². The molecule has 0 saturated carbocycles. The molecule has 0 spiro atoms. The van der Waals surface area contributed by atoms with Gasteiger partial charge in [0.05, 0.1) is 6.42 Å². The first-order chi connectivity index (χ1) is 9.53. The summed E-state index contributed by atoms with van der Waals surface area (Å²) in [5.74, 6) is -0.446. The highest BCUT2D eigenvalue weighted by Crippen LogP contribution is 2.37. The van der Waals surface area contributed by atoms with Gasteiger partial charge in [0.2, 0.25) is 8.32 Å². The van der Waals surface area contributed by atoms with Crippen LogP contribution in [0.1, 0.15) is 44.0 Å². The topological polar surface area (TPSA) is 63.6 Å². The summed E-state index contributed by atoms with van der Waals surface area (Å²) in [6.45, 7) is 10.8. The highest BCUT2D eigenvalue weighted by atomic mass is 28.4. The smallest absolute Gasteiger partial charge is 0.303 e. The van der Waals surface area contributed by atoms with Gasteiger partial charge < -0.3 is 9.53 Å². The number of aliphatic carboxylic acids is 1. The summed E-state index contributed by atoms with van der Waals surface area (Å²) < 4.78 is 6.15. The standard InChI is InChI=1S/C16H24O4Si/c1-16(2,3)21(4,5)20-13-8-6-7-12(11-13)14(17)9-10-15(18)19/h6-8,11H,9-10H2,1-5H3,(H,18,19). The molecule has 0 bridgehead atoms. The number of carbonyl (C=O) groups is 2. The van der Waals surface area contributed by atoms with Crippen molar-refractivity contribution in [3.05, 3.63) is 29.8 Å². The average molecular weight is 308 g/mol. The maximum Gasteiger partial charge on any atom is 0.303 e. The summed E-state index contributed by atoms with van der Waals surface area (Å²) in [6, 6.07) is 7.03. The van der Waals surface area contributed by atoms with E-state index in [1.54, 1.807) is 18.2 Å². The van der Waals surface area contributed by atoms with Gasteiger partial charge in [-0.15, -0.1) is 0 Å². The fourth-order valence-corrected chi connectivity index (χ4v) is 2.57. The van der Waals surface area contributed by atoms with Crippen LogP contribution in [0.25, 0.3) is 0 Å². The lowest BCUT2D eigenvalue weighted by Crippen LogP contribution is -2.43. The molecule has 116 valence electrons. The highest BCUT2D eigenvalue weighted by Gasteiger charge is 2.39. The van der Waals surface area contributed by atoms with Crippen molar-refractivity contribution in [3.8, 4) is 5.75 Å². The Hall–Kier alpha value is -1.62. The molecule has 0 heterocycles. The Morgan fingerprint density at radius 3 is 2.33 bits per heavy atom. The number of ketones is 1. The van der Waals surface area contributed by atoms with Crippen LogP contribution in [0.3, 0.4) is 0 Å². The van der Waals surface area contributed by atoms with Crippen LogP contribution in [-0.2, 0) is 4.79 Å². The van der Waals surface area contributed by atoms with E-state index >= 15 is 0 Å². The summed E-state index contributed by atoms with van der Waals surface area (Å²) in [5, 5.41) is 8.71. The second kappa shape index (κ2) is 6.43. The lowest BCUT2D eigenvalue weighted by atomic mass is 10.1. The molecule has 0 fully saturated rings. The Labute approximate surface area is 127 Å². The Morgan fingerprint density at radius 1 is 1.19 bits per heavy atom. The van der Waals surface area contributed by atoms with Gasteiger partial charge in [0.25, 0.3) is 0 Å². The number of carbonyl (C=O) groups excluding carboxylic acids is 1. The second-order valence-electron chi connectivity index (χ2n) is 6.71. The molecule has 4 nitrogen and oxygen atoms in total. The summed E-state index contributed by atoms with van der Waals surface area (Å²) in [7, 11) is -1.95. The molecule has 0 saturated heterocycles. The number of benzene rings is 1. The van der Waals surface area contributed by atoms with Crippen LogP contribution in [0.2, 0.25) is 18.1 Å². The van der Waals surface area contributed by atoms with Gasteiger partial charge in [-0.3, -0.25) is 9.59 Å². The maximum absolute atomic E-state index is 12.0. The second-order valence-corrected chi connectivity index (χ2v) is 11.4. The van der Waals surface area contributed by atoms with Crippen molar-refractivity contribution in [1.29, 1.82) is 0 Å². The van der Waals surface area contributed by atoms with Gasteiger partial charge in [0.1, 0.15) is 5.75 Å². The molecule has 0 atom stereocenters. The Balaban J connectivity index is 2.86. The van der Waals surface area contributed by atoms with Crippen LogP contribution in [0.15, 0.2) is 24.3 Å². The zero-order valence-electron chi connectivity index (χ0n) is 13.4. The van der Waals surface area contributed by atoms with Gasteiger partial charge >= 0.3 is 5.97 Å². The van der Waals surface area contributed by atoms with E-state index in [9.17, 15) is 9.59 Å². The fraction of sp³-hybridized carbons (Fsp3) is 0.500. The first-order valence-electron chi connectivity index (χ1n) is 7.07. The molecule has 1 N–H and O–H groups in total. The third kappa shape index (κ3) is 5.01. The van der Waals surface area contributed by atoms with Gasteiger partial charge in [-0.05, 0) is 30.3 Å². The molecule has 0 aromatic heterocycles. The Morgan fingerprint density at radius 2 is 1.81 bits per heavy atom. The van der Waals surface area contributed by atoms with Crippen molar-refractivity contribution >= 4 is 20.1 Å². The van der Waals surface area contributed by atoms with E-state index in [-0.39, 0.29) is 23.7 Å². The van der Waals surface area contributed by atoms with Crippen molar-refractivity contribution in [2.75, 3.05) is 0 Å². The van der Waals surface area contributed by atoms with Crippen LogP contribution in [0.5, 0.6) is 5.75 Å². The molecule has 21 heavy (non-hydrogen) atoms. The Kier molecular flexibility index (Phi) is 5.34. The molecule has 0 unspecified atom stereocenters. The molecule has 1 aromatic rings. The van der Waals surface area contributed by atoms with Crippen molar-refractivity contribution in [1.82, 2.24) is 0 Å². The van der Waals surface area contributed by atoms with Crippen LogP contribution >= 0.6 is 0 Å². The number of carboxylic acid groups (broad SMARTS) is 1. The van der Waals surface area contributed by atoms with Gasteiger partial charge in [-0.1, -0.05) is 32.9 Å². The van der Waals surface area contributed by atoms with Gasteiger partial charge in [0.15, 0.2) is 5.78 Å². The van der Waals surface area contributed by atoms with Crippen molar-refractivity contribution < 1.29 is 19.1 Å². The van der Waals surface area contributed by atoms with Gasteiger partial charge in [0, 0.05) is 12.0 Å². The summed E-state index contributed by atoms with van der Waals surface area (Å²) in [6.07, 6.45) is -0.134. The predicted octanol–water partition coefficient (Wildman–Crippen LogP) is 4.12. The minimum atomic E-state index is -1.95. The van der Waals surface area contributed by atoms with Crippen LogP contribution in [0.4, 0.5) is 0 Å². The average Bonchev–Trinajstić information content (AvgIpc) is 2.34. The van der Waals surface area contributed by atoms with E-state index in [2.05, 4.69) is 33.9 Å². The van der Waals surface area contributed by atoms with E-state index in [1.807, 2.05) is 6.07 Å². The summed E-state index contributed by atoms with van der Waals surface area (Å²) >= 11 is 0. The molecule has 0 aliphatic heterocycles. The SMILES string of the molecule is CC(C)(C)[Si](C)(C)Oc1cccc(C(=O)CCC(=O)O)c1.